The zero-order valence-electron chi connectivity index (χ0n) is 13.8. The molecule has 1 amide bonds. The summed E-state index contributed by atoms with van der Waals surface area (Å²) >= 11 is 6.14. The molecule has 1 aromatic heterocycles. The summed E-state index contributed by atoms with van der Waals surface area (Å²) < 4.78 is 11.0. The fourth-order valence-electron chi connectivity index (χ4n) is 2.48. The number of amides is 1. The highest BCUT2D eigenvalue weighted by atomic mass is 35.5. The van der Waals surface area contributed by atoms with Crippen molar-refractivity contribution in [2.45, 2.75) is 44.9 Å². The minimum atomic E-state index is -0.543. The lowest BCUT2D eigenvalue weighted by Crippen LogP contribution is -2.58. The molecule has 2 unspecified atom stereocenters. The molecule has 23 heavy (non-hydrogen) atoms. The van der Waals surface area contributed by atoms with Crippen LogP contribution in [0.5, 0.6) is 0 Å². The van der Waals surface area contributed by atoms with E-state index in [2.05, 4.69) is 4.98 Å². The van der Waals surface area contributed by atoms with Crippen LogP contribution in [-0.4, -0.2) is 53.4 Å². The fourth-order valence-corrected chi connectivity index (χ4v) is 2.68. The molecule has 1 fully saturated rings. The molecule has 1 aromatic rings. The lowest BCUT2D eigenvalue weighted by Gasteiger charge is -2.39. The molecule has 0 bridgehead atoms. The summed E-state index contributed by atoms with van der Waals surface area (Å²) in [5.41, 5.74) is 6.70. The average molecular weight is 342 g/mol. The van der Waals surface area contributed by atoms with E-state index in [0.29, 0.717) is 31.2 Å². The number of pyridine rings is 1. The van der Waals surface area contributed by atoms with Gasteiger partial charge in [-0.3, -0.25) is 9.88 Å². The van der Waals surface area contributed by atoms with Gasteiger partial charge in [0, 0.05) is 25.0 Å². The first-order chi connectivity index (χ1) is 10.8. The van der Waals surface area contributed by atoms with Crippen molar-refractivity contribution in [3.8, 4) is 0 Å². The second-order valence-electron chi connectivity index (χ2n) is 6.65. The van der Waals surface area contributed by atoms with Crippen LogP contribution >= 0.6 is 11.6 Å². The van der Waals surface area contributed by atoms with Crippen molar-refractivity contribution in [3.63, 3.8) is 0 Å². The summed E-state index contributed by atoms with van der Waals surface area (Å²) in [5.74, 6) is 0. The van der Waals surface area contributed by atoms with Crippen LogP contribution in [0.15, 0.2) is 18.5 Å². The maximum absolute atomic E-state index is 12.4. The summed E-state index contributed by atoms with van der Waals surface area (Å²) in [6.45, 7) is 6.88. The number of hydrogen-bond acceptors (Lipinski definition) is 5. The van der Waals surface area contributed by atoms with E-state index in [1.165, 1.54) is 0 Å². The van der Waals surface area contributed by atoms with Gasteiger partial charge in [-0.05, 0) is 38.8 Å². The molecular weight excluding hydrogens is 318 g/mol. The molecule has 1 aliphatic heterocycles. The van der Waals surface area contributed by atoms with E-state index < -0.39 is 5.60 Å². The molecule has 0 radical (unpaired) electrons. The Morgan fingerprint density at radius 3 is 3.00 bits per heavy atom. The third-order valence-corrected chi connectivity index (χ3v) is 3.94. The second kappa shape index (κ2) is 7.47. The highest BCUT2D eigenvalue weighted by Crippen LogP contribution is 2.20. The predicted molar refractivity (Wildman–Crippen MR) is 88.5 cm³/mol. The first-order valence-electron chi connectivity index (χ1n) is 7.69. The van der Waals surface area contributed by atoms with Gasteiger partial charge in [0.1, 0.15) is 5.60 Å². The minimum absolute atomic E-state index is 0.247. The van der Waals surface area contributed by atoms with Gasteiger partial charge in [-0.15, -0.1) is 0 Å². The first kappa shape index (κ1) is 18.0. The average Bonchev–Trinajstić information content (AvgIpc) is 2.48. The molecule has 2 N–H and O–H groups in total. The maximum atomic E-state index is 12.4. The Morgan fingerprint density at radius 2 is 2.35 bits per heavy atom. The Kier molecular flexibility index (Phi) is 5.84. The lowest BCUT2D eigenvalue weighted by molar-refractivity contribution is -0.0378. The van der Waals surface area contributed by atoms with Crippen molar-refractivity contribution in [1.82, 2.24) is 9.88 Å². The topological polar surface area (TPSA) is 77.7 Å². The van der Waals surface area contributed by atoms with Crippen molar-refractivity contribution in [1.29, 1.82) is 0 Å². The summed E-state index contributed by atoms with van der Waals surface area (Å²) in [4.78, 5) is 18.0. The minimum Gasteiger partial charge on any atom is -0.444 e. The van der Waals surface area contributed by atoms with Gasteiger partial charge in [0.25, 0.3) is 0 Å². The Morgan fingerprint density at radius 1 is 1.61 bits per heavy atom. The van der Waals surface area contributed by atoms with Crippen LogP contribution in [0.3, 0.4) is 0 Å². The number of carbonyl (C=O) groups excluding carboxylic acids is 1. The Hall–Kier alpha value is -1.37. The van der Waals surface area contributed by atoms with Crippen molar-refractivity contribution >= 4 is 17.7 Å². The number of nitrogens with two attached hydrogens (primary N) is 1. The SMILES string of the molecule is CC(C)(C)OC(=O)N1CCOCC1C(N)Cc1ccncc1Cl. The van der Waals surface area contributed by atoms with Crippen LogP contribution in [0.1, 0.15) is 26.3 Å². The van der Waals surface area contributed by atoms with Crippen molar-refractivity contribution in [2.75, 3.05) is 19.8 Å². The summed E-state index contributed by atoms with van der Waals surface area (Å²) in [7, 11) is 0. The van der Waals surface area contributed by atoms with E-state index in [1.807, 2.05) is 26.8 Å². The Balaban J connectivity index is 2.08. The molecule has 0 spiro atoms. The fraction of sp³-hybridized carbons (Fsp3) is 0.625. The predicted octanol–water partition coefficient (Wildman–Crippen LogP) is 2.24. The van der Waals surface area contributed by atoms with Gasteiger partial charge >= 0.3 is 6.09 Å². The van der Waals surface area contributed by atoms with E-state index in [-0.39, 0.29) is 18.2 Å². The number of hydrogen-bond donors (Lipinski definition) is 1. The quantitative estimate of drug-likeness (QED) is 0.912. The van der Waals surface area contributed by atoms with Gasteiger partial charge in [-0.1, -0.05) is 11.6 Å². The van der Waals surface area contributed by atoms with Gasteiger partial charge in [-0.25, -0.2) is 4.79 Å². The van der Waals surface area contributed by atoms with E-state index in [4.69, 9.17) is 26.8 Å². The van der Waals surface area contributed by atoms with Crippen molar-refractivity contribution in [2.24, 2.45) is 5.73 Å². The molecule has 128 valence electrons. The van der Waals surface area contributed by atoms with Crippen LogP contribution in [0.25, 0.3) is 0 Å². The third kappa shape index (κ3) is 5.06. The lowest BCUT2D eigenvalue weighted by atomic mass is 9.99. The maximum Gasteiger partial charge on any atom is 0.410 e. The smallest absolute Gasteiger partial charge is 0.410 e. The highest BCUT2D eigenvalue weighted by Gasteiger charge is 2.34. The van der Waals surface area contributed by atoms with Gasteiger partial charge in [0.2, 0.25) is 0 Å². The third-order valence-electron chi connectivity index (χ3n) is 3.60. The summed E-state index contributed by atoms with van der Waals surface area (Å²) in [5, 5.41) is 0.573. The van der Waals surface area contributed by atoms with Crippen LogP contribution in [0, 0.1) is 0 Å². The van der Waals surface area contributed by atoms with E-state index in [1.54, 1.807) is 17.3 Å². The number of carbonyl (C=O) groups is 1. The molecule has 6 nitrogen and oxygen atoms in total. The van der Waals surface area contributed by atoms with Crippen LogP contribution in [0.4, 0.5) is 4.79 Å². The van der Waals surface area contributed by atoms with Gasteiger partial charge in [0.05, 0.1) is 24.3 Å². The standard InChI is InChI=1S/C16H24ClN3O3/c1-16(2,3)23-15(21)20-6-7-22-10-14(20)13(18)8-11-4-5-19-9-12(11)17/h4-5,9,13-14H,6-8,10,18H2,1-3H3. The molecule has 2 rings (SSSR count). The van der Waals surface area contributed by atoms with Gasteiger partial charge in [-0.2, -0.15) is 0 Å². The first-order valence-corrected chi connectivity index (χ1v) is 8.07. The molecule has 2 atom stereocenters. The molecule has 1 saturated heterocycles. The summed E-state index contributed by atoms with van der Waals surface area (Å²) in [6.07, 6.45) is 3.44. The van der Waals surface area contributed by atoms with Crippen LogP contribution in [0.2, 0.25) is 5.02 Å². The Labute approximate surface area is 141 Å². The van der Waals surface area contributed by atoms with Crippen molar-refractivity contribution in [3.05, 3.63) is 29.0 Å². The number of aromatic nitrogens is 1. The number of ether oxygens (including phenoxy) is 2. The monoisotopic (exact) mass is 341 g/mol. The van der Waals surface area contributed by atoms with Crippen LogP contribution < -0.4 is 5.73 Å². The molecule has 2 heterocycles. The van der Waals surface area contributed by atoms with Gasteiger partial charge < -0.3 is 15.2 Å². The second-order valence-corrected chi connectivity index (χ2v) is 7.06. The highest BCUT2D eigenvalue weighted by molar-refractivity contribution is 6.31. The van der Waals surface area contributed by atoms with E-state index in [0.717, 1.165) is 5.56 Å². The number of nitrogens with zero attached hydrogens (tertiary/aromatic N) is 2. The largest absolute Gasteiger partial charge is 0.444 e. The molecule has 0 aliphatic carbocycles. The zero-order valence-corrected chi connectivity index (χ0v) is 14.5. The van der Waals surface area contributed by atoms with Gasteiger partial charge in [0.15, 0.2) is 0 Å². The number of halogens is 1. The summed E-state index contributed by atoms with van der Waals surface area (Å²) in [6, 6.07) is 1.29. The Bertz CT molecular complexity index is 548. The molecule has 0 saturated carbocycles. The number of rotatable bonds is 3. The zero-order chi connectivity index (χ0) is 17.0. The number of morpholine rings is 1. The normalized spacial score (nSPS) is 20.2. The molecular formula is C16H24ClN3O3. The molecule has 0 aromatic carbocycles. The van der Waals surface area contributed by atoms with Crippen LogP contribution in [-0.2, 0) is 15.9 Å². The van der Waals surface area contributed by atoms with E-state index in [9.17, 15) is 4.79 Å². The molecule has 1 aliphatic rings. The van der Waals surface area contributed by atoms with Crippen molar-refractivity contribution < 1.29 is 14.3 Å². The molecule has 7 heteroatoms. The van der Waals surface area contributed by atoms with E-state index >= 15 is 0 Å².